The van der Waals surface area contributed by atoms with Gasteiger partial charge in [0.2, 0.25) is 0 Å². The summed E-state index contributed by atoms with van der Waals surface area (Å²) in [5.74, 6) is 0.628. The van der Waals surface area contributed by atoms with Crippen LogP contribution in [0.5, 0.6) is 5.75 Å². The Bertz CT molecular complexity index is 694. The van der Waals surface area contributed by atoms with E-state index < -0.39 is 0 Å². The number of phenols is 1. The fourth-order valence-corrected chi connectivity index (χ4v) is 4.09. The molecule has 6 heteroatoms. The van der Waals surface area contributed by atoms with Gasteiger partial charge in [0.05, 0.1) is 11.7 Å². The Morgan fingerprint density at radius 3 is 2.44 bits per heavy atom. The van der Waals surface area contributed by atoms with Gasteiger partial charge in [-0.15, -0.1) is 11.3 Å². The molecule has 2 aromatic rings. The number of carbonyl (C=O) groups is 1. The van der Waals surface area contributed by atoms with Crippen LogP contribution >= 0.6 is 11.3 Å². The highest BCUT2D eigenvalue weighted by molar-refractivity contribution is 7.10. The normalized spacial score (nSPS) is 16.1. The minimum absolute atomic E-state index is 0.0102. The fraction of sp³-hybridized carbons (Fsp3) is 0.421. The number of anilines is 1. The van der Waals surface area contributed by atoms with Gasteiger partial charge in [-0.1, -0.05) is 32.0 Å². The highest BCUT2D eigenvalue weighted by Gasteiger charge is 2.26. The molecular weight excluding hydrogens is 334 g/mol. The largest absolute Gasteiger partial charge is 0.506 e. The van der Waals surface area contributed by atoms with Crippen molar-refractivity contribution in [2.75, 3.05) is 31.1 Å². The number of piperazine rings is 1. The molecule has 134 valence electrons. The van der Waals surface area contributed by atoms with Gasteiger partial charge in [-0.2, -0.15) is 0 Å². The maximum Gasteiger partial charge on any atom is 0.318 e. The monoisotopic (exact) mass is 359 g/mol. The molecule has 1 aromatic heterocycles. The third-order valence-electron chi connectivity index (χ3n) is 4.58. The number of hydrogen-bond acceptors (Lipinski definition) is 4. The van der Waals surface area contributed by atoms with Crippen LogP contribution in [0.3, 0.4) is 0 Å². The third kappa shape index (κ3) is 4.07. The van der Waals surface area contributed by atoms with E-state index in [0.29, 0.717) is 19.0 Å². The van der Waals surface area contributed by atoms with Gasteiger partial charge in [0, 0.05) is 31.1 Å². The molecule has 0 spiro atoms. The van der Waals surface area contributed by atoms with E-state index in [1.54, 1.807) is 17.4 Å². The van der Waals surface area contributed by atoms with Crippen molar-refractivity contribution in [3.05, 3.63) is 46.7 Å². The van der Waals surface area contributed by atoms with E-state index in [4.69, 9.17) is 0 Å². The summed E-state index contributed by atoms with van der Waals surface area (Å²) in [5, 5.41) is 15.2. The van der Waals surface area contributed by atoms with Gasteiger partial charge < -0.3 is 20.2 Å². The van der Waals surface area contributed by atoms with Crippen molar-refractivity contribution in [2.45, 2.75) is 19.9 Å². The van der Waals surface area contributed by atoms with Crippen LogP contribution in [0.25, 0.3) is 0 Å². The summed E-state index contributed by atoms with van der Waals surface area (Å²) >= 11 is 1.68. The minimum Gasteiger partial charge on any atom is -0.506 e. The van der Waals surface area contributed by atoms with E-state index in [0.717, 1.165) is 18.8 Å². The molecule has 1 saturated heterocycles. The smallest absolute Gasteiger partial charge is 0.318 e. The van der Waals surface area contributed by atoms with E-state index in [1.807, 2.05) is 34.5 Å². The average molecular weight is 359 g/mol. The lowest BCUT2D eigenvalue weighted by atomic mass is 10.0. The maximum atomic E-state index is 12.7. The molecule has 2 amide bonds. The number of hydrogen-bond donors (Lipinski definition) is 2. The molecule has 1 fully saturated rings. The summed E-state index contributed by atoms with van der Waals surface area (Å²) in [5.41, 5.74) is 0.834. The van der Waals surface area contributed by atoms with Crippen LogP contribution in [0.1, 0.15) is 24.8 Å². The summed E-state index contributed by atoms with van der Waals surface area (Å²) in [6.07, 6.45) is 0. The number of urea groups is 1. The second kappa shape index (κ2) is 7.78. The van der Waals surface area contributed by atoms with Crippen molar-refractivity contribution in [1.29, 1.82) is 0 Å². The lowest BCUT2D eigenvalue weighted by Crippen LogP contribution is -2.52. The Kier molecular flexibility index (Phi) is 5.48. The van der Waals surface area contributed by atoms with Crippen LogP contribution in [0.15, 0.2) is 41.8 Å². The topological polar surface area (TPSA) is 55.8 Å². The summed E-state index contributed by atoms with van der Waals surface area (Å²) < 4.78 is 0. The molecule has 0 bridgehead atoms. The zero-order valence-corrected chi connectivity index (χ0v) is 15.5. The lowest BCUT2D eigenvalue weighted by Gasteiger charge is -2.37. The Hall–Kier alpha value is -2.21. The predicted octanol–water partition coefficient (Wildman–Crippen LogP) is 3.68. The SMILES string of the molecule is CC(C)[C@@H](NC(=O)N1CCN(c2ccccc2O)CC1)c1cccs1. The first-order valence-electron chi connectivity index (χ1n) is 8.68. The number of carbonyl (C=O) groups excluding carboxylic acids is 1. The molecule has 25 heavy (non-hydrogen) atoms. The van der Waals surface area contributed by atoms with Crippen molar-refractivity contribution in [3.8, 4) is 5.75 Å². The van der Waals surface area contributed by atoms with Crippen molar-refractivity contribution in [3.63, 3.8) is 0 Å². The average Bonchev–Trinajstić information content (AvgIpc) is 3.14. The van der Waals surface area contributed by atoms with Crippen molar-refractivity contribution >= 4 is 23.1 Å². The van der Waals surface area contributed by atoms with Crippen LogP contribution in [0.4, 0.5) is 10.5 Å². The molecule has 1 aliphatic rings. The standard InChI is InChI=1S/C19H25N3O2S/c1-14(2)18(17-8-5-13-25-17)20-19(24)22-11-9-21(10-12-22)15-6-3-4-7-16(15)23/h3-8,13-14,18,23H,9-12H2,1-2H3,(H,20,24)/t18-/m1/s1. The second-order valence-electron chi connectivity index (χ2n) is 6.65. The van der Waals surface area contributed by atoms with E-state index in [9.17, 15) is 9.90 Å². The van der Waals surface area contributed by atoms with Gasteiger partial charge in [0.25, 0.3) is 0 Å². The zero-order valence-electron chi connectivity index (χ0n) is 14.7. The molecule has 0 saturated carbocycles. The molecule has 2 N–H and O–H groups in total. The quantitative estimate of drug-likeness (QED) is 0.875. The molecule has 0 aliphatic carbocycles. The van der Waals surface area contributed by atoms with Gasteiger partial charge >= 0.3 is 6.03 Å². The number of nitrogens with one attached hydrogen (secondary N) is 1. The predicted molar refractivity (Wildman–Crippen MR) is 102 cm³/mol. The van der Waals surface area contributed by atoms with Crippen molar-refractivity contribution < 1.29 is 9.90 Å². The highest BCUT2D eigenvalue weighted by atomic mass is 32.1. The van der Waals surface area contributed by atoms with Crippen LogP contribution in [-0.2, 0) is 0 Å². The van der Waals surface area contributed by atoms with Gasteiger partial charge in [-0.25, -0.2) is 4.79 Å². The molecule has 1 atom stereocenters. The Morgan fingerprint density at radius 1 is 1.12 bits per heavy atom. The van der Waals surface area contributed by atoms with Crippen molar-refractivity contribution in [2.24, 2.45) is 5.92 Å². The molecule has 3 rings (SSSR count). The Morgan fingerprint density at radius 2 is 1.84 bits per heavy atom. The highest BCUT2D eigenvalue weighted by Crippen LogP contribution is 2.28. The fourth-order valence-electron chi connectivity index (χ4n) is 3.14. The number of rotatable bonds is 4. The van der Waals surface area contributed by atoms with Crippen LogP contribution in [-0.4, -0.2) is 42.2 Å². The number of aromatic hydroxyl groups is 1. The first kappa shape index (κ1) is 17.6. The number of para-hydroxylation sites is 2. The van der Waals surface area contributed by atoms with Crippen LogP contribution in [0.2, 0.25) is 0 Å². The molecule has 5 nitrogen and oxygen atoms in total. The first-order valence-corrected chi connectivity index (χ1v) is 9.56. The Labute approximate surface area is 152 Å². The van der Waals surface area contributed by atoms with Gasteiger partial charge in [0.15, 0.2) is 0 Å². The molecule has 1 aromatic carbocycles. The van der Waals surface area contributed by atoms with E-state index in [2.05, 4.69) is 30.1 Å². The second-order valence-corrected chi connectivity index (χ2v) is 7.63. The molecule has 0 unspecified atom stereocenters. The number of nitrogens with zero attached hydrogens (tertiary/aromatic N) is 2. The molecule has 0 radical (unpaired) electrons. The number of phenolic OH excluding ortho intramolecular Hbond substituents is 1. The number of thiophene rings is 1. The zero-order chi connectivity index (χ0) is 17.8. The maximum absolute atomic E-state index is 12.7. The van der Waals surface area contributed by atoms with E-state index >= 15 is 0 Å². The van der Waals surface area contributed by atoms with Gasteiger partial charge in [-0.3, -0.25) is 0 Å². The molecule has 2 heterocycles. The third-order valence-corrected chi connectivity index (χ3v) is 5.54. The van der Waals surface area contributed by atoms with Crippen LogP contribution < -0.4 is 10.2 Å². The lowest BCUT2D eigenvalue weighted by molar-refractivity contribution is 0.187. The van der Waals surface area contributed by atoms with Gasteiger partial charge in [-0.05, 0) is 29.5 Å². The summed E-state index contributed by atoms with van der Waals surface area (Å²) in [4.78, 5) is 17.8. The van der Waals surface area contributed by atoms with Gasteiger partial charge in [0.1, 0.15) is 5.75 Å². The summed E-state index contributed by atoms with van der Waals surface area (Å²) in [6, 6.07) is 11.5. The van der Waals surface area contributed by atoms with Crippen LogP contribution in [0, 0.1) is 5.92 Å². The molecule has 1 aliphatic heterocycles. The van der Waals surface area contributed by atoms with Crippen molar-refractivity contribution in [1.82, 2.24) is 10.2 Å². The number of benzene rings is 1. The Balaban J connectivity index is 1.59. The number of amides is 2. The minimum atomic E-state index is -0.0102. The first-order chi connectivity index (χ1) is 12.1. The summed E-state index contributed by atoms with van der Waals surface area (Å²) in [7, 11) is 0. The van der Waals surface area contributed by atoms with E-state index in [1.165, 1.54) is 4.88 Å². The molecular formula is C19H25N3O2S. The summed E-state index contributed by atoms with van der Waals surface area (Å²) in [6.45, 7) is 6.99. The van der Waals surface area contributed by atoms with E-state index in [-0.39, 0.29) is 17.8 Å².